The number of nitrogens with zero attached hydrogens (tertiary/aromatic N) is 1. The standard InChI is InChI=1S/C17H19NO2.C11H22O.C8H13FO3/c1-12-7-5-6-8-16(12)18(14(3)19)17-11-15(20-4)10-9-13(17)2;1-5-6-7-8-11(9(2)3)10(4)12;1-2-3-6(4-8(11)12)7(10)5-9/h5-11H,1-4H3;9,11H,5-8H2,1-4H3;6H,2-5H2,1H3,(H,11,12)/t;11-;/m.1./s1. The molecule has 0 aliphatic carbocycles. The number of amides is 1. The van der Waals surface area contributed by atoms with E-state index in [9.17, 15) is 23.6 Å². The summed E-state index contributed by atoms with van der Waals surface area (Å²) >= 11 is 0. The van der Waals surface area contributed by atoms with Gasteiger partial charge in [0.15, 0.2) is 5.78 Å². The van der Waals surface area contributed by atoms with E-state index in [-0.39, 0.29) is 12.3 Å². The van der Waals surface area contributed by atoms with Gasteiger partial charge < -0.3 is 9.84 Å². The molecule has 0 aliphatic rings. The van der Waals surface area contributed by atoms with E-state index in [2.05, 4.69) is 20.8 Å². The van der Waals surface area contributed by atoms with Crippen molar-refractivity contribution in [1.29, 1.82) is 0 Å². The van der Waals surface area contributed by atoms with Crippen LogP contribution in [0.1, 0.15) is 97.6 Å². The van der Waals surface area contributed by atoms with Crippen LogP contribution in [-0.4, -0.2) is 42.3 Å². The maximum Gasteiger partial charge on any atom is 0.304 e. The molecule has 2 rings (SSSR count). The molecule has 2 aromatic rings. The Kier molecular flexibility index (Phi) is 20.3. The highest BCUT2D eigenvalue weighted by Gasteiger charge is 2.20. The highest BCUT2D eigenvalue weighted by Crippen LogP contribution is 2.33. The molecular weight excluding hydrogens is 561 g/mol. The number of rotatable bonds is 15. The van der Waals surface area contributed by atoms with Crippen LogP contribution >= 0.6 is 0 Å². The first-order chi connectivity index (χ1) is 20.7. The second kappa shape index (κ2) is 22.0. The Morgan fingerprint density at radius 3 is 1.95 bits per heavy atom. The first-order valence-electron chi connectivity index (χ1n) is 15.6. The number of Topliss-reactive ketones (excluding diaryl/α,β-unsaturated/α-hetero) is 2. The first kappa shape index (κ1) is 40.5. The Hall–Kier alpha value is -3.55. The molecule has 0 radical (unpaired) electrons. The molecular formula is C36H54FNO6. The molecule has 0 bridgehead atoms. The van der Waals surface area contributed by atoms with E-state index < -0.39 is 24.3 Å². The number of carboxylic acids is 1. The minimum atomic E-state index is -1.06. The molecule has 0 aromatic heterocycles. The van der Waals surface area contributed by atoms with Crippen molar-refractivity contribution < 1.29 is 33.4 Å². The maximum atomic E-state index is 12.1. The number of benzene rings is 2. The van der Waals surface area contributed by atoms with E-state index in [4.69, 9.17) is 9.84 Å². The van der Waals surface area contributed by atoms with Crippen molar-refractivity contribution in [3.63, 3.8) is 0 Å². The molecule has 0 heterocycles. The summed E-state index contributed by atoms with van der Waals surface area (Å²) in [5, 5.41) is 8.38. The summed E-state index contributed by atoms with van der Waals surface area (Å²) in [6.45, 7) is 14.5. The molecule has 0 spiro atoms. The number of carbonyl (C=O) groups excluding carboxylic acids is 3. The topological polar surface area (TPSA) is 101 Å². The van der Waals surface area contributed by atoms with Crippen LogP contribution in [-0.2, 0) is 19.2 Å². The summed E-state index contributed by atoms with van der Waals surface area (Å²) in [5.41, 5.74) is 3.84. The van der Waals surface area contributed by atoms with Gasteiger partial charge in [-0.15, -0.1) is 0 Å². The van der Waals surface area contributed by atoms with Crippen LogP contribution in [0.4, 0.5) is 15.8 Å². The number of hydrogen-bond donors (Lipinski definition) is 1. The van der Waals surface area contributed by atoms with Crippen molar-refractivity contribution in [2.75, 3.05) is 18.7 Å². The van der Waals surface area contributed by atoms with Gasteiger partial charge in [-0.2, -0.15) is 0 Å². The van der Waals surface area contributed by atoms with Crippen LogP contribution in [0.5, 0.6) is 5.75 Å². The molecule has 1 amide bonds. The van der Waals surface area contributed by atoms with Crippen molar-refractivity contribution in [2.24, 2.45) is 17.8 Å². The van der Waals surface area contributed by atoms with Crippen molar-refractivity contribution in [1.82, 2.24) is 0 Å². The third-order valence-corrected chi connectivity index (χ3v) is 7.42. The second-order valence-corrected chi connectivity index (χ2v) is 11.4. The van der Waals surface area contributed by atoms with Crippen LogP contribution < -0.4 is 9.64 Å². The van der Waals surface area contributed by atoms with Gasteiger partial charge in [-0.05, 0) is 62.8 Å². The van der Waals surface area contributed by atoms with Crippen molar-refractivity contribution in [3.8, 4) is 5.75 Å². The lowest BCUT2D eigenvalue weighted by Gasteiger charge is -2.25. The van der Waals surface area contributed by atoms with Crippen LogP contribution in [0.25, 0.3) is 0 Å². The molecule has 246 valence electrons. The summed E-state index contributed by atoms with van der Waals surface area (Å²) in [4.78, 5) is 46.1. The fourth-order valence-corrected chi connectivity index (χ4v) is 4.91. The van der Waals surface area contributed by atoms with E-state index in [0.29, 0.717) is 30.5 Å². The Balaban J connectivity index is 0.000000672. The van der Waals surface area contributed by atoms with E-state index in [1.54, 1.807) is 25.9 Å². The molecule has 44 heavy (non-hydrogen) atoms. The van der Waals surface area contributed by atoms with Crippen LogP contribution in [0.15, 0.2) is 42.5 Å². The Morgan fingerprint density at radius 2 is 1.50 bits per heavy atom. The molecule has 1 unspecified atom stereocenters. The average Bonchev–Trinajstić information content (AvgIpc) is 2.96. The number of aryl methyl sites for hydroxylation is 2. The summed E-state index contributed by atoms with van der Waals surface area (Å²) in [7, 11) is 1.63. The fraction of sp³-hybridized carbons (Fsp3) is 0.556. The lowest BCUT2D eigenvalue weighted by Crippen LogP contribution is -2.24. The number of hydrogen-bond acceptors (Lipinski definition) is 5. The largest absolute Gasteiger partial charge is 0.497 e. The lowest BCUT2D eigenvalue weighted by molar-refractivity contribution is -0.141. The number of aliphatic carboxylic acids is 1. The third kappa shape index (κ3) is 14.8. The van der Waals surface area contributed by atoms with E-state index in [1.807, 2.05) is 63.2 Å². The van der Waals surface area contributed by atoms with Gasteiger partial charge in [0.2, 0.25) is 5.91 Å². The van der Waals surface area contributed by atoms with Crippen LogP contribution in [0.3, 0.4) is 0 Å². The predicted octanol–water partition coefficient (Wildman–Crippen LogP) is 8.84. The smallest absolute Gasteiger partial charge is 0.304 e. The summed E-state index contributed by atoms with van der Waals surface area (Å²) in [6.07, 6.45) is 5.69. The minimum absolute atomic E-state index is 0.0179. The Labute approximate surface area is 264 Å². The number of unbranched alkanes of at least 4 members (excludes halogenated alkanes) is 2. The SMILES string of the molecule is CCCC(CC(=O)O)C(=O)CF.CCCCC[C@@H](C(C)=O)C(C)C.COc1ccc(C)c(N(C(C)=O)c2ccccc2C)c1. The van der Waals surface area contributed by atoms with Crippen molar-refractivity contribution >= 4 is 34.8 Å². The zero-order chi connectivity index (χ0) is 33.8. The van der Waals surface area contributed by atoms with Gasteiger partial charge in [-0.25, -0.2) is 4.39 Å². The number of para-hydroxylation sites is 1. The van der Waals surface area contributed by atoms with E-state index in [0.717, 1.165) is 34.7 Å². The summed E-state index contributed by atoms with van der Waals surface area (Å²) in [5.74, 6) is -0.384. The molecule has 0 aliphatic heterocycles. The van der Waals surface area contributed by atoms with Crippen molar-refractivity contribution in [2.45, 2.75) is 100 Å². The van der Waals surface area contributed by atoms with Gasteiger partial charge in [-0.1, -0.05) is 77.6 Å². The fourth-order valence-electron chi connectivity index (χ4n) is 4.91. The Morgan fingerprint density at radius 1 is 0.886 bits per heavy atom. The average molecular weight is 616 g/mol. The molecule has 7 nitrogen and oxygen atoms in total. The number of anilines is 2. The highest BCUT2D eigenvalue weighted by molar-refractivity contribution is 6.00. The number of ketones is 2. The highest BCUT2D eigenvalue weighted by atomic mass is 19.1. The number of methoxy groups -OCH3 is 1. The Bertz CT molecular complexity index is 1180. The van der Waals surface area contributed by atoms with Gasteiger partial charge in [0.25, 0.3) is 0 Å². The molecule has 2 aromatic carbocycles. The second-order valence-electron chi connectivity index (χ2n) is 11.4. The van der Waals surface area contributed by atoms with Crippen LogP contribution in [0, 0.1) is 31.6 Å². The third-order valence-electron chi connectivity index (χ3n) is 7.42. The normalized spacial score (nSPS) is 11.7. The number of ether oxygens (including phenoxy) is 1. The number of carbonyl (C=O) groups is 4. The van der Waals surface area contributed by atoms with Crippen molar-refractivity contribution in [3.05, 3.63) is 53.6 Å². The molecule has 2 atom stereocenters. The van der Waals surface area contributed by atoms with Gasteiger partial charge in [0, 0.05) is 24.8 Å². The van der Waals surface area contributed by atoms with Gasteiger partial charge >= 0.3 is 5.97 Å². The molecule has 0 saturated carbocycles. The minimum Gasteiger partial charge on any atom is -0.497 e. The van der Waals surface area contributed by atoms with Gasteiger partial charge in [0.05, 0.1) is 24.9 Å². The number of alkyl halides is 1. The first-order valence-corrected chi connectivity index (χ1v) is 15.6. The van der Waals surface area contributed by atoms with E-state index in [1.165, 1.54) is 19.3 Å². The zero-order valence-corrected chi connectivity index (χ0v) is 28.2. The zero-order valence-electron chi connectivity index (χ0n) is 28.2. The lowest BCUT2D eigenvalue weighted by atomic mass is 9.87. The monoisotopic (exact) mass is 615 g/mol. The predicted molar refractivity (Wildman–Crippen MR) is 177 cm³/mol. The molecule has 1 N–H and O–H groups in total. The number of carboxylic acid groups (broad SMARTS) is 1. The van der Waals surface area contributed by atoms with Gasteiger partial charge in [-0.3, -0.25) is 24.1 Å². The summed E-state index contributed by atoms with van der Waals surface area (Å²) in [6, 6.07) is 13.6. The maximum absolute atomic E-state index is 12.1. The molecule has 0 saturated heterocycles. The molecule has 0 fully saturated rings. The van der Waals surface area contributed by atoms with E-state index >= 15 is 0 Å². The summed E-state index contributed by atoms with van der Waals surface area (Å²) < 4.78 is 17.1. The number of halogens is 1. The van der Waals surface area contributed by atoms with Crippen LogP contribution in [0.2, 0.25) is 0 Å². The quantitative estimate of drug-likeness (QED) is 0.201. The molecule has 8 heteroatoms. The van der Waals surface area contributed by atoms with Gasteiger partial charge in [0.1, 0.15) is 18.2 Å².